The molecule has 3 rings (SSSR count). The number of piperazine rings is 1. The van der Waals surface area contributed by atoms with Crippen LogP contribution in [0.2, 0.25) is 0 Å². The summed E-state index contributed by atoms with van der Waals surface area (Å²) >= 11 is 0. The van der Waals surface area contributed by atoms with Crippen LogP contribution in [0.4, 0.5) is 5.69 Å². The molecule has 1 amide bonds. The van der Waals surface area contributed by atoms with Gasteiger partial charge >= 0.3 is 0 Å². The smallest absolute Gasteiger partial charge is 0.274 e. The molecule has 6 heteroatoms. The maximum atomic E-state index is 12.4. The minimum absolute atomic E-state index is 0.0714. The fourth-order valence-electron chi connectivity index (χ4n) is 2.50. The first kappa shape index (κ1) is 14.3. The number of carbonyl (C=O) groups is 1. The van der Waals surface area contributed by atoms with Crippen LogP contribution in [-0.2, 0) is 0 Å². The van der Waals surface area contributed by atoms with E-state index in [1.54, 1.807) is 23.2 Å². The second kappa shape index (κ2) is 6.01. The average Bonchev–Trinajstić information content (AvgIpc) is 2.56. The van der Waals surface area contributed by atoms with Crippen molar-refractivity contribution in [3.8, 4) is 5.75 Å². The predicted molar refractivity (Wildman–Crippen MR) is 83.0 cm³/mol. The van der Waals surface area contributed by atoms with Crippen LogP contribution < -0.4 is 4.90 Å². The van der Waals surface area contributed by atoms with E-state index in [-0.39, 0.29) is 11.7 Å². The first-order valence-electron chi connectivity index (χ1n) is 7.25. The number of rotatable bonds is 2. The summed E-state index contributed by atoms with van der Waals surface area (Å²) < 4.78 is 0. The number of benzene rings is 1. The Morgan fingerprint density at radius 3 is 2.32 bits per heavy atom. The summed E-state index contributed by atoms with van der Waals surface area (Å²) in [5, 5.41) is 9.33. The van der Waals surface area contributed by atoms with Crippen molar-refractivity contribution >= 4 is 11.6 Å². The van der Waals surface area contributed by atoms with Crippen molar-refractivity contribution in [2.75, 3.05) is 31.1 Å². The maximum absolute atomic E-state index is 12.4. The van der Waals surface area contributed by atoms with Gasteiger partial charge in [-0.25, -0.2) is 4.98 Å². The molecule has 114 valence electrons. The minimum atomic E-state index is -0.0714. The van der Waals surface area contributed by atoms with Crippen LogP contribution in [0.25, 0.3) is 0 Å². The van der Waals surface area contributed by atoms with E-state index in [1.165, 1.54) is 6.20 Å². The molecule has 2 aromatic rings. The lowest BCUT2D eigenvalue weighted by Crippen LogP contribution is -2.49. The van der Waals surface area contributed by atoms with Crippen LogP contribution in [-0.4, -0.2) is 52.1 Å². The number of aryl methyl sites for hydroxylation is 1. The molecule has 2 heterocycles. The third kappa shape index (κ3) is 3.00. The van der Waals surface area contributed by atoms with Gasteiger partial charge in [-0.3, -0.25) is 9.78 Å². The van der Waals surface area contributed by atoms with Crippen molar-refractivity contribution in [2.45, 2.75) is 6.92 Å². The highest BCUT2D eigenvalue weighted by molar-refractivity contribution is 5.92. The zero-order valence-electron chi connectivity index (χ0n) is 12.4. The third-order valence-corrected chi connectivity index (χ3v) is 3.78. The summed E-state index contributed by atoms with van der Waals surface area (Å²) in [5.74, 6) is 0.188. The highest BCUT2D eigenvalue weighted by atomic mass is 16.3. The first-order valence-corrected chi connectivity index (χ1v) is 7.25. The molecule has 1 N–H and O–H groups in total. The van der Waals surface area contributed by atoms with Gasteiger partial charge in [-0.2, -0.15) is 0 Å². The molecule has 6 nitrogen and oxygen atoms in total. The molecule has 22 heavy (non-hydrogen) atoms. The Balaban J connectivity index is 1.62. The van der Waals surface area contributed by atoms with Gasteiger partial charge in [0, 0.05) is 38.1 Å². The first-order chi connectivity index (χ1) is 10.6. The fraction of sp³-hybridized carbons (Fsp3) is 0.312. The fourth-order valence-corrected chi connectivity index (χ4v) is 2.50. The quantitative estimate of drug-likeness (QED) is 0.909. The number of hydrogen-bond donors (Lipinski definition) is 1. The molecule has 0 saturated carbocycles. The molecule has 1 saturated heterocycles. The van der Waals surface area contributed by atoms with E-state index < -0.39 is 0 Å². The number of aromatic nitrogens is 2. The Kier molecular flexibility index (Phi) is 3.91. The average molecular weight is 298 g/mol. The molecular weight excluding hydrogens is 280 g/mol. The van der Waals surface area contributed by atoms with Gasteiger partial charge in [0.1, 0.15) is 11.4 Å². The number of aromatic hydroxyl groups is 1. The normalized spacial score (nSPS) is 15.0. The van der Waals surface area contributed by atoms with Crippen LogP contribution in [0.5, 0.6) is 5.75 Å². The Labute approximate surface area is 129 Å². The van der Waals surface area contributed by atoms with Crippen molar-refractivity contribution in [1.82, 2.24) is 14.9 Å². The number of hydrogen-bond acceptors (Lipinski definition) is 5. The van der Waals surface area contributed by atoms with Crippen molar-refractivity contribution in [3.63, 3.8) is 0 Å². The van der Waals surface area contributed by atoms with Gasteiger partial charge < -0.3 is 14.9 Å². The lowest BCUT2D eigenvalue weighted by Gasteiger charge is -2.35. The van der Waals surface area contributed by atoms with Crippen molar-refractivity contribution < 1.29 is 9.90 Å². The zero-order valence-corrected chi connectivity index (χ0v) is 12.4. The van der Waals surface area contributed by atoms with Gasteiger partial charge in [0.15, 0.2) is 0 Å². The number of amides is 1. The summed E-state index contributed by atoms with van der Waals surface area (Å²) in [6, 6.07) is 7.13. The Hall–Kier alpha value is -2.63. The lowest BCUT2D eigenvalue weighted by atomic mass is 10.2. The Morgan fingerprint density at radius 2 is 1.73 bits per heavy atom. The van der Waals surface area contributed by atoms with Gasteiger partial charge in [0.25, 0.3) is 5.91 Å². The van der Waals surface area contributed by atoms with E-state index in [0.717, 1.165) is 24.5 Å². The molecule has 1 aromatic carbocycles. The van der Waals surface area contributed by atoms with Gasteiger partial charge in [-0.1, -0.05) is 0 Å². The molecule has 0 atom stereocenters. The van der Waals surface area contributed by atoms with E-state index in [9.17, 15) is 9.90 Å². The van der Waals surface area contributed by atoms with Crippen LogP contribution in [0.3, 0.4) is 0 Å². The SMILES string of the molecule is Cc1cnc(C(=O)N2CCN(c3ccc(O)cc3)CC2)cn1. The Morgan fingerprint density at radius 1 is 1.05 bits per heavy atom. The summed E-state index contributed by atoms with van der Waals surface area (Å²) in [6.07, 6.45) is 3.14. The Bertz CT molecular complexity index is 647. The van der Waals surface area contributed by atoms with Crippen LogP contribution in [0.1, 0.15) is 16.2 Å². The zero-order chi connectivity index (χ0) is 15.5. The van der Waals surface area contributed by atoms with Gasteiger partial charge in [0.05, 0.1) is 11.9 Å². The van der Waals surface area contributed by atoms with E-state index >= 15 is 0 Å². The second-order valence-corrected chi connectivity index (χ2v) is 5.34. The number of carbonyl (C=O) groups excluding carboxylic acids is 1. The molecule has 0 radical (unpaired) electrons. The lowest BCUT2D eigenvalue weighted by molar-refractivity contribution is 0.0740. The summed E-state index contributed by atoms with van der Waals surface area (Å²) in [4.78, 5) is 24.6. The molecule has 0 unspecified atom stereocenters. The van der Waals surface area contributed by atoms with Gasteiger partial charge in [0.2, 0.25) is 0 Å². The molecule has 1 fully saturated rings. The van der Waals surface area contributed by atoms with Crippen LogP contribution >= 0.6 is 0 Å². The highest BCUT2D eigenvalue weighted by Crippen LogP contribution is 2.20. The molecule has 0 aliphatic carbocycles. The number of anilines is 1. The van der Waals surface area contributed by atoms with E-state index in [4.69, 9.17) is 0 Å². The number of phenolic OH excluding ortho intramolecular Hbond substituents is 1. The molecular formula is C16H18N4O2. The molecule has 0 bridgehead atoms. The topological polar surface area (TPSA) is 69.6 Å². The summed E-state index contributed by atoms with van der Waals surface area (Å²) in [5.41, 5.74) is 2.25. The highest BCUT2D eigenvalue weighted by Gasteiger charge is 2.23. The summed E-state index contributed by atoms with van der Waals surface area (Å²) in [6.45, 7) is 4.66. The van der Waals surface area contributed by atoms with Crippen molar-refractivity contribution in [2.24, 2.45) is 0 Å². The second-order valence-electron chi connectivity index (χ2n) is 5.34. The van der Waals surface area contributed by atoms with E-state index in [2.05, 4.69) is 14.9 Å². The van der Waals surface area contributed by atoms with Crippen LogP contribution in [0, 0.1) is 6.92 Å². The van der Waals surface area contributed by atoms with Gasteiger partial charge in [-0.05, 0) is 31.2 Å². The molecule has 1 aromatic heterocycles. The molecule has 0 spiro atoms. The molecule has 1 aliphatic heterocycles. The maximum Gasteiger partial charge on any atom is 0.274 e. The standard InChI is InChI=1S/C16H18N4O2/c1-12-10-18-15(11-17-12)16(22)20-8-6-19(7-9-20)13-2-4-14(21)5-3-13/h2-5,10-11,21H,6-9H2,1H3. The van der Waals surface area contributed by atoms with Crippen molar-refractivity contribution in [3.05, 3.63) is 48.0 Å². The summed E-state index contributed by atoms with van der Waals surface area (Å²) in [7, 11) is 0. The molecule has 1 aliphatic rings. The third-order valence-electron chi connectivity index (χ3n) is 3.78. The van der Waals surface area contributed by atoms with Crippen molar-refractivity contribution in [1.29, 1.82) is 0 Å². The minimum Gasteiger partial charge on any atom is -0.508 e. The van der Waals surface area contributed by atoms with Crippen LogP contribution in [0.15, 0.2) is 36.7 Å². The number of nitrogens with zero attached hydrogens (tertiary/aromatic N) is 4. The monoisotopic (exact) mass is 298 g/mol. The van der Waals surface area contributed by atoms with Gasteiger partial charge in [-0.15, -0.1) is 0 Å². The van der Waals surface area contributed by atoms with E-state index in [1.807, 2.05) is 19.1 Å². The largest absolute Gasteiger partial charge is 0.508 e. The predicted octanol–water partition coefficient (Wildman–Crippen LogP) is 1.45. The van der Waals surface area contributed by atoms with E-state index in [0.29, 0.717) is 18.8 Å². The number of phenols is 1.